The highest BCUT2D eigenvalue weighted by molar-refractivity contribution is 7.80. The topological polar surface area (TPSA) is 55.1 Å². The molecule has 1 aromatic carbocycles. The Morgan fingerprint density at radius 2 is 2.25 bits per heavy atom. The second-order valence-corrected chi connectivity index (χ2v) is 4.39. The number of benzene rings is 1. The molecule has 16 heavy (non-hydrogen) atoms. The molecule has 86 valence electrons. The Morgan fingerprint density at radius 1 is 1.56 bits per heavy atom. The number of rotatable bonds is 4. The second kappa shape index (κ2) is 5.82. The summed E-state index contributed by atoms with van der Waals surface area (Å²) >= 11 is 10.5. The normalized spacial score (nSPS) is 9.88. The van der Waals surface area contributed by atoms with E-state index in [1.807, 2.05) is 6.92 Å². The summed E-state index contributed by atoms with van der Waals surface area (Å²) in [4.78, 5) is 12.1. The fourth-order valence-corrected chi connectivity index (χ4v) is 1.61. The van der Waals surface area contributed by atoms with Crippen LogP contribution in [0.25, 0.3) is 0 Å². The number of halogens is 1. The van der Waals surface area contributed by atoms with E-state index in [0.29, 0.717) is 28.5 Å². The summed E-state index contributed by atoms with van der Waals surface area (Å²) in [6.45, 7) is 2.30. The van der Waals surface area contributed by atoms with E-state index < -0.39 is 0 Å². The number of hydrogen-bond donors (Lipinski definition) is 2. The zero-order chi connectivity index (χ0) is 12.1. The first-order valence-electron chi connectivity index (χ1n) is 4.83. The lowest BCUT2D eigenvalue weighted by Gasteiger charge is -2.07. The molecule has 0 unspecified atom stereocenters. The monoisotopic (exact) mass is 256 g/mol. The number of amides is 1. The van der Waals surface area contributed by atoms with Crippen LogP contribution >= 0.6 is 23.8 Å². The molecule has 1 rings (SSSR count). The number of carbonyl (C=O) groups is 1. The minimum atomic E-state index is -0.134. The van der Waals surface area contributed by atoms with Crippen molar-refractivity contribution in [3.05, 3.63) is 34.3 Å². The van der Waals surface area contributed by atoms with E-state index in [4.69, 9.17) is 29.6 Å². The van der Waals surface area contributed by atoms with E-state index in [1.54, 1.807) is 18.2 Å². The molecule has 0 bridgehead atoms. The number of nitrogens with two attached hydrogens (primary N) is 1. The van der Waals surface area contributed by atoms with Gasteiger partial charge in [-0.15, -0.1) is 0 Å². The first kappa shape index (κ1) is 12.9. The quantitative estimate of drug-likeness (QED) is 0.811. The summed E-state index contributed by atoms with van der Waals surface area (Å²) < 4.78 is 0. The van der Waals surface area contributed by atoms with Gasteiger partial charge >= 0.3 is 0 Å². The van der Waals surface area contributed by atoms with E-state index in [0.717, 1.165) is 5.56 Å². The van der Waals surface area contributed by atoms with Crippen molar-refractivity contribution >= 4 is 34.7 Å². The van der Waals surface area contributed by atoms with Gasteiger partial charge in [-0.25, -0.2) is 0 Å². The van der Waals surface area contributed by atoms with Crippen LogP contribution in [-0.2, 0) is 0 Å². The van der Waals surface area contributed by atoms with Gasteiger partial charge in [0.15, 0.2) is 0 Å². The lowest BCUT2D eigenvalue weighted by Crippen LogP contribution is -2.27. The van der Waals surface area contributed by atoms with Crippen LogP contribution < -0.4 is 11.1 Å². The largest absolute Gasteiger partial charge is 0.393 e. The lowest BCUT2D eigenvalue weighted by atomic mass is 10.1. The van der Waals surface area contributed by atoms with Gasteiger partial charge in [0.25, 0.3) is 5.91 Å². The van der Waals surface area contributed by atoms with Gasteiger partial charge in [0.05, 0.1) is 4.99 Å². The van der Waals surface area contributed by atoms with Crippen molar-refractivity contribution in [1.29, 1.82) is 0 Å². The van der Waals surface area contributed by atoms with Crippen LogP contribution in [-0.4, -0.2) is 17.4 Å². The van der Waals surface area contributed by atoms with Gasteiger partial charge in [-0.3, -0.25) is 4.79 Å². The molecule has 0 radical (unpaired) electrons. The maximum atomic E-state index is 11.7. The Balaban J connectivity index is 2.63. The smallest absolute Gasteiger partial charge is 0.251 e. The van der Waals surface area contributed by atoms with Crippen LogP contribution in [0.4, 0.5) is 0 Å². The molecule has 5 heteroatoms. The van der Waals surface area contributed by atoms with E-state index >= 15 is 0 Å². The predicted octanol–water partition coefficient (Wildman–Crippen LogP) is 2.05. The summed E-state index contributed by atoms with van der Waals surface area (Å²) in [5.74, 6) is -0.134. The highest BCUT2D eigenvalue weighted by atomic mass is 35.5. The van der Waals surface area contributed by atoms with Gasteiger partial charge in [0, 0.05) is 23.6 Å². The Labute approximate surface area is 105 Å². The van der Waals surface area contributed by atoms with Crippen LogP contribution in [0.5, 0.6) is 0 Å². The van der Waals surface area contributed by atoms with Crippen LogP contribution in [0.1, 0.15) is 22.3 Å². The van der Waals surface area contributed by atoms with E-state index in [9.17, 15) is 4.79 Å². The van der Waals surface area contributed by atoms with Gasteiger partial charge in [0.1, 0.15) is 0 Å². The first-order chi connectivity index (χ1) is 7.50. The van der Waals surface area contributed by atoms with Gasteiger partial charge in [0.2, 0.25) is 0 Å². The molecule has 0 saturated heterocycles. The molecule has 1 aromatic rings. The number of hydrogen-bond acceptors (Lipinski definition) is 2. The molecule has 0 fully saturated rings. The van der Waals surface area contributed by atoms with Crippen molar-refractivity contribution in [1.82, 2.24) is 5.32 Å². The molecule has 0 aliphatic rings. The predicted molar refractivity (Wildman–Crippen MR) is 69.9 cm³/mol. The molecular formula is C11H13ClN2OS. The fourth-order valence-electron chi connectivity index (χ4n) is 1.28. The second-order valence-electron chi connectivity index (χ2n) is 3.43. The van der Waals surface area contributed by atoms with E-state index in [2.05, 4.69) is 5.32 Å². The molecule has 3 N–H and O–H groups in total. The molecule has 0 aromatic heterocycles. The van der Waals surface area contributed by atoms with Crippen molar-refractivity contribution in [2.45, 2.75) is 13.3 Å². The first-order valence-corrected chi connectivity index (χ1v) is 5.62. The Hall–Kier alpha value is -1.13. The Morgan fingerprint density at radius 3 is 2.81 bits per heavy atom. The van der Waals surface area contributed by atoms with Crippen molar-refractivity contribution in [3.63, 3.8) is 0 Å². The number of aryl methyl sites for hydroxylation is 1. The summed E-state index contributed by atoms with van der Waals surface area (Å²) in [5, 5.41) is 3.36. The molecule has 0 heterocycles. The average molecular weight is 257 g/mol. The third-order valence-electron chi connectivity index (χ3n) is 2.09. The minimum absolute atomic E-state index is 0.134. The SMILES string of the molecule is Cc1cc(Cl)ccc1C(=O)NCCC(N)=S. The molecule has 3 nitrogen and oxygen atoms in total. The molecule has 0 spiro atoms. The van der Waals surface area contributed by atoms with Gasteiger partial charge in [-0.05, 0) is 30.7 Å². The zero-order valence-electron chi connectivity index (χ0n) is 8.92. The van der Waals surface area contributed by atoms with Crippen LogP contribution in [0.15, 0.2) is 18.2 Å². The average Bonchev–Trinajstić information content (AvgIpc) is 2.16. The molecule has 0 atom stereocenters. The molecule has 0 aliphatic heterocycles. The van der Waals surface area contributed by atoms with Crippen LogP contribution in [0, 0.1) is 6.92 Å². The third kappa shape index (κ3) is 3.79. The van der Waals surface area contributed by atoms with E-state index in [-0.39, 0.29) is 5.91 Å². The summed E-state index contributed by atoms with van der Waals surface area (Å²) in [5.41, 5.74) is 6.80. The molecular weight excluding hydrogens is 244 g/mol. The van der Waals surface area contributed by atoms with Crippen molar-refractivity contribution < 1.29 is 4.79 Å². The molecule has 0 saturated carbocycles. The third-order valence-corrected chi connectivity index (χ3v) is 2.53. The molecule has 0 aliphatic carbocycles. The summed E-state index contributed by atoms with van der Waals surface area (Å²) in [6.07, 6.45) is 0.508. The highest BCUT2D eigenvalue weighted by Crippen LogP contribution is 2.14. The van der Waals surface area contributed by atoms with Crippen LogP contribution in [0.3, 0.4) is 0 Å². The van der Waals surface area contributed by atoms with Gasteiger partial charge < -0.3 is 11.1 Å². The Bertz CT molecular complexity index is 420. The zero-order valence-corrected chi connectivity index (χ0v) is 10.5. The van der Waals surface area contributed by atoms with Gasteiger partial charge in [-0.2, -0.15) is 0 Å². The fraction of sp³-hybridized carbons (Fsp3) is 0.273. The van der Waals surface area contributed by atoms with Gasteiger partial charge in [-0.1, -0.05) is 23.8 Å². The number of thiocarbonyl (C=S) groups is 1. The Kier molecular flexibility index (Phi) is 4.71. The maximum Gasteiger partial charge on any atom is 0.251 e. The van der Waals surface area contributed by atoms with Crippen LogP contribution in [0.2, 0.25) is 5.02 Å². The number of carbonyl (C=O) groups excluding carboxylic acids is 1. The van der Waals surface area contributed by atoms with Crippen molar-refractivity contribution in [2.24, 2.45) is 5.73 Å². The van der Waals surface area contributed by atoms with Crippen molar-refractivity contribution in [3.8, 4) is 0 Å². The maximum absolute atomic E-state index is 11.7. The highest BCUT2D eigenvalue weighted by Gasteiger charge is 2.08. The number of nitrogens with one attached hydrogen (secondary N) is 1. The lowest BCUT2D eigenvalue weighted by molar-refractivity contribution is 0.0954. The molecule has 1 amide bonds. The summed E-state index contributed by atoms with van der Waals surface area (Å²) in [7, 11) is 0. The van der Waals surface area contributed by atoms with Crippen molar-refractivity contribution in [2.75, 3.05) is 6.54 Å². The standard InChI is InChI=1S/C11H13ClN2OS/c1-7-6-8(12)2-3-9(7)11(15)14-5-4-10(13)16/h2-3,6H,4-5H2,1H3,(H2,13,16)(H,14,15). The van der Waals surface area contributed by atoms with E-state index in [1.165, 1.54) is 0 Å². The summed E-state index contributed by atoms with van der Waals surface area (Å²) in [6, 6.07) is 5.15. The minimum Gasteiger partial charge on any atom is -0.393 e.